The summed E-state index contributed by atoms with van der Waals surface area (Å²) >= 11 is 0. The van der Waals surface area contributed by atoms with Gasteiger partial charge in [-0.1, -0.05) is 40.9 Å². The highest BCUT2D eigenvalue weighted by Crippen LogP contribution is 2.41. The fraction of sp³-hybridized carbons (Fsp3) is 0.710. The molecule has 4 bridgehead atoms. The molecule has 1 fully saturated rings. The summed E-state index contributed by atoms with van der Waals surface area (Å²) in [4.78, 5) is 31.1. The number of aromatic hydroxyl groups is 1. The number of carbonyl (C=O) groups is 2. The highest BCUT2D eigenvalue weighted by molar-refractivity contribution is 8.76. The van der Waals surface area contributed by atoms with Gasteiger partial charge in [0.2, 0.25) is 5.91 Å². The van der Waals surface area contributed by atoms with Crippen molar-refractivity contribution in [1.29, 1.82) is 0 Å². The molecule has 12 heteroatoms. The predicted molar refractivity (Wildman–Crippen MR) is 172 cm³/mol. The van der Waals surface area contributed by atoms with Gasteiger partial charge in [0.1, 0.15) is 6.10 Å². The summed E-state index contributed by atoms with van der Waals surface area (Å²) in [6.07, 6.45) is 8.44. The molecule has 0 radical (unpaired) electrons. The third kappa shape index (κ3) is 10.7. The molecule has 0 aromatic heterocycles. The summed E-state index contributed by atoms with van der Waals surface area (Å²) in [5.41, 5.74) is 8.72. The van der Waals surface area contributed by atoms with Crippen molar-refractivity contribution >= 4 is 39.4 Å². The summed E-state index contributed by atoms with van der Waals surface area (Å²) in [5.74, 6) is 2.59. The molecule has 3 unspecified atom stereocenters. The van der Waals surface area contributed by atoms with Gasteiger partial charge in [0.05, 0.1) is 18.6 Å². The summed E-state index contributed by atoms with van der Waals surface area (Å²) in [6.45, 7) is 3.52. The van der Waals surface area contributed by atoms with E-state index in [2.05, 4.69) is 10.3 Å². The first kappa shape index (κ1) is 33.6. The van der Waals surface area contributed by atoms with E-state index in [0.29, 0.717) is 81.5 Å². The number of nitrogens with two attached hydrogens (primary N) is 1. The Morgan fingerprint density at radius 2 is 1.98 bits per heavy atom. The number of phenolic OH excluding ortho intramolecular Hbond substituents is 1. The first-order valence-electron chi connectivity index (χ1n) is 15.7. The molecule has 1 aromatic carbocycles. The molecule has 1 aromatic rings. The molecule has 3 aliphatic rings. The maximum absolute atomic E-state index is 12.9. The van der Waals surface area contributed by atoms with Crippen LogP contribution in [0.1, 0.15) is 87.8 Å². The van der Waals surface area contributed by atoms with Crippen LogP contribution < -0.4 is 15.8 Å². The molecule has 0 spiro atoms. The van der Waals surface area contributed by atoms with E-state index in [-0.39, 0.29) is 23.5 Å². The van der Waals surface area contributed by atoms with Crippen LogP contribution in [-0.2, 0) is 33.7 Å². The zero-order valence-corrected chi connectivity index (χ0v) is 27.0. The van der Waals surface area contributed by atoms with Gasteiger partial charge in [-0.3, -0.25) is 9.59 Å². The number of aliphatic imine (C=N–C) groups is 1. The first-order chi connectivity index (χ1) is 20.8. The normalized spacial score (nSPS) is 25.5. The van der Waals surface area contributed by atoms with Gasteiger partial charge in [-0.2, -0.15) is 0 Å². The number of hydrogen-bond donors (Lipinski definition) is 4. The van der Waals surface area contributed by atoms with Crippen LogP contribution in [0.15, 0.2) is 11.1 Å². The lowest BCUT2D eigenvalue weighted by molar-refractivity contribution is -0.148. The third-order valence-electron chi connectivity index (χ3n) is 8.35. The van der Waals surface area contributed by atoms with Gasteiger partial charge >= 0.3 is 5.97 Å². The van der Waals surface area contributed by atoms with Gasteiger partial charge in [-0.25, -0.2) is 4.99 Å². The van der Waals surface area contributed by atoms with Crippen LogP contribution >= 0.6 is 21.6 Å². The molecule has 43 heavy (non-hydrogen) atoms. The number of aliphatic hydroxyl groups excluding tert-OH is 1. The number of aryl methyl sites for hydroxylation is 1. The van der Waals surface area contributed by atoms with E-state index in [1.165, 1.54) is 6.92 Å². The van der Waals surface area contributed by atoms with Crippen molar-refractivity contribution in [1.82, 2.24) is 10.2 Å². The Kier molecular flexibility index (Phi) is 13.5. The van der Waals surface area contributed by atoms with Crippen LogP contribution in [0, 0.1) is 5.92 Å². The van der Waals surface area contributed by atoms with E-state index in [0.717, 1.165) is 61.8 Å². The van der Waals surface area contributed by atoms with Crippen LogP contribution in [0.4, 0.5) is 0 Å². The number of carbonyl (C=O) groups excluding carboxylic acids is 2. The number of aliphatic hydroxyl groups is 1. The maximum atomic E-state index is 12.9. The van der Waals surface area contributed by atoms with Gasteiger partial charge in [0.15, 0.2) is 17.5 Å². The lowest BCUT2D eigenvalue weighted by Gasteiger charge is -2.26. The Balaban J connectivity index is 1.50. The average Bonchev–Trinajstić information content (AvgIpc) is 3.32. The second-order valence-corrected chi connectivity index (χ2v) is 14.4. The predicted octanol–water partition coefficient (Wildman–Crippen LogP) is 4.28. The number of guanidine groups is 1. The molecule has 3 heterocycles. The molecule has 10 nitrogen and oxygen atoms in total. The second-order valence-electron chi connectivity index (χ2n) is 11.8. The average molecular weight is 637 g/mol. The Hall–Kier alpha value is -2.31. The smallest absolute Gasteiger partial charge is 0.302 e. The van der Waals surface area contributed by atoms with E-state index in [1.807, 2.05) is 11.0 Å². The number of fused-ring (bicyclic) bond motifs is 6. The number of rotatable bonds is 1. The summed E-state index contributed by atoms with van der Waals surface area (Å²) in [6, 6.07) is 1.99. The van der Waals surface area contributed by atoms with Crippen LogP contribution in [0.3, 0.4) is 0 Å². The molecule has 5 N–H and O–H groups in total. The maximum Gasteiger partial charge on any atom is 0.302 e. The topological polar surface area (TPSA) is 147 Å². The lowest BCUT2D eigenvalue weighted by Crippen LogP contribution is -2.33. The largest absolute Gasteiger partial charge is 0.504 e. The monoisotopic (exact) mass is 636 g/mol. The van der Waals surface area contributed by atoms with Gasteiger partial charge in [-0.05, 0) is 62.5 Å². The first-order valence-corrected chi connectivity index (χ1v) is 18.2. The highest BCUT2D eigenvalue weighted by atomic mass is 33.1. The number of benzene rings is 1. The van der Waals surface area contributed by atoms with Gasteiger partial charge in [0.25, 0.3) is 0 Å². The van der Waals surface area contributed by atoms with Crippen LogP contribution in [-0.4, -0.2) is 76.5 Å². The SMILES string of the molecule is CC(=O)OC1CCc2cc(c(O)c3c2CCCO3)CN2CC(CCNC(N)=NCSSCCCCCCC(O)C1)CC2=O. The summed E-state index contributed by atoms with van der Waals surface area (Å²) in [5, 5.41) is 25.1. The van der Waals surface area contributed by atoms with Crippen LogP contribution in [0.2, 0.25) is 0 Å². The minimum Gasteiger partial charge on any atom is -0.504 e. The number of nitrogens with one attached hydrogen (secondary N) is 1. The molecule has 0 aliphatic carbocycles. The Morgan fingerprint density at radius 3 is 2.81 bits per heavy atom. The van der Waals surface area contributed by atoms with Crippen molar-refractivity contribution in [3.8, 4) is 11.5 Å². The van der Waals surface area contributed by atoms with Crippen molar-refractivity contribution in [3.63, 3.8) is 0 Å². The number of hydrogen-bond acceptors (Lipinski definition) is 11. The fourth-order valence-corrected chi connectivity index (χ4v) is 7.94. The van der Waals surface area contributed by atoms with E-state index in [9.17, 15) is 19.8 Å². The number of amides is 1. The minimum atomic E-state index is -0.536. The molecule has 1 saturated heterocycles. The number of phenols is 1. The zero-order chi connectivity index (χ0) is 30.6. The highest BCUT2D eigenvalue weighted by Gasteiger charge is 2.31. The number of nitrogens with zero attached hydrogens (tertiary/aromatic N) is 2. The van der Waals surface area contributed by atoms with Crippen molar-refractivity contribution in [2.45, 2.75) is 103 Å². The molecule has 240 valence electrons. The summed E-state index contributed by atoms with van der Waals surface area (Å²) < 4.78 is 11.6. The van der Waals surface area contributed by atoms with E-state index < -0.39 is 12.2 Å². The standard InChI is InChI=1S/C31H48N4O6S2/c1-21(36)41-26-10-9-23-16-24(29(39)30-27(23)8-6-13-40-30)19-35-18-22(15-28(35)38)11-12-33-31(32)34-20-43-42-14-5-3-2-4-7-25(37)17-26/h16,22,25-26,37,39H,2-15,17-20H2,1H3,(H3,32,33,34). The molecular formula is C31H48N4O6S2. The second kappa shape index (κ2) is 17.2. The Morgan fingerprint density at radius 1 is 1.14 bits per heavy atom. The van der Waals surface area contributed by atoms with E-state index in [1.54, 1.807) is 21.6 Å². The molecule has 1 amide bonds. The Bertz CT molecular complexity index is 1120. The zero-order valence-electron chi connectivity index (χ0n) is 25.4. The fourth-order valence-electron chi connectivity index (χ4n) is 6.15. The van der Waals surface area contributed by atoms with Crippen molar-refractivity contribution in [2.75, 3.05) is 31.3 Å². The van der Waals surface area contributed by atoms with Gasteiger partial charge in [-0.15, -0.1) is 0 Å². The summed E-state index contributed by atoms with van der Waals surface area (Å²) in [7, 11) is 3.48. The third-order valence-corrected chi connectivity index (χ3v) is 10.5. The molecule has 0 saturated carbocycles. The molecular weight excluding hydrogens is 588 g/mol. The van der Waals surface area contributed by atoms with Gasteiger partial charge in [0, 0.05) is 56.3 Å². The molecule has 3 atom stereocenters. The molecule has 3 aliphatic heterocycles. The van der Waals surface area contributed by atoms with Crippen molar-refractivity contribution in [3.05, 3.63) is 22.8 Å². The molecule has 4 rings (SSSR count). The van der Waals surface area contributed by atoms with E-state index in [4.69, 9.17) is 15.2 Å². The quantitative estimate of drug-likeness (QED) is 0.260. The van der Waals surface area contributed by atoms with Gasteiger partial charge < -0.3 is 35.6 Å². The van der Waals surface area contributed by atoms with E-state index >= 15 is 0 Å². The van der Waals surface area contributed by atoms with Crippen LogP contribution in [0.5, 0.6) is 11.5 Å². The van der Waals surface area contributed by atoms with Crippen LogP contribution in [0.25, 0.3) is 0 Å². The van der Waals surface area contributed by atoms with Crippen molar-refractivity contribution in [2.24, 2.45) is 16.6 Å². The minimum absolute atomic E-state index is 0.0703. The number of esters is 1. The lowest BCUT2D eigenvalue weighted by atomic mass is 9.91. The number of ether oxygens (including phenoxy) is 2. The Labute approximate surface area is 263 Å². The van der Waals surface area contributed by atoms with Crippen molar-refractivity contribution < 1.29 is 29.3 Å².